The van der Waals surface area contributed by atoms with Crippen LogP contribution >= 0.6 is 11.8 Å². The normalized spacial score (nSPS) is 10.7. The van der Waals surface area contributed by atoms with Crippen LogP contribution < -0.4 is 15.8 Å². The van der Waals surface area contributed by atoms with Gasteiger partial charge in [0.2, 0.25) is 0 Å². The van der Waals surface area contributed by atoms with Crippen LogP contribution in [0.2, 0.25) is 0 Å². The first-order valence-corrected chi connectivity index (χ1v) is 7.17. The van der Waals surface area contributed by atoms with E-state index in [1.54, 1.807) is 17.8 Å². The van der Waals surface area contributed by atoms with E-state index in [0.717, 1.165) is 17.0 Å². The molecule has 0 fully saturated rings. The lowest BCUT2D eigenvalue weighted by Crippen LogP contribution is -2.05. The molecule has 0 amide bonds. The fourth-order valence-electron chi connectivity index (χ4n) is 1.72. The van der Waals surface area contributed by atoms with E-state index < -0.39 is 18.2 Å². The van der Waals surface area contributed by atoms with Crippen LogP contribution in [0, 0.1) is 5.82 Å². The molecule has 0 radical (unpaired) electrons. The maximum atomic E-state index is 13.5. The Kier molecular flexibility index (Phi) is 4.85. The van der Waals surface area contributed by atoms with Gasteiger partial charge in [0.15, 0.2) is 11.6 Å². The highest BCUT2D eigenvalue weighted by Gasteiger charge is 2.13. The third kappa shape index (κ3) is 3.98. The number of hydrogen-bond donors (Lipinski definition) is 2. The number of hydrogen-bond acceptors (Lipinski definition) is 4. The minimum Gasteiger partial charge on any atom is -0.432 e. The maximum absolute atomic E-state index is 13.5. The third-order valence-corrected chi connectivity index (χ3v) is 3.39. The third-order valence-electron chi connectivity index (χ3n) is 2.67. The lowest BCUT2D eigenvalue weighted by Gasteiger charge is -2.13. The zero-order valence-electron chi connectivity index (χ0n) is 11.1. The van der Waals surface area contributed by atoms with Crippen molar-refractivity contribution in [3.63, 3.8) is 0 Å². The zero-order chi connectivity index (χ0) is 15.4. The number of anilines is 3. The van der Waals surface area contributed by atoms with Gasteiger partial charge in [0.1, 0.15) is 0 Å². The van der Waals surface area contributed by atoms with Crippen molar-refractivity contribution < 1.29 is 17.9 Å². The molecular formula is C14H13F3N2OS. The number of halogens is 3. The number of ether oxygens (including phenoxy) is 1. The predicted octanol–water partition coefficient (Wildman–Crippen LogP) is 4.47. The molecule has 2 rings (SSSR count). The molecule has 0 aliphatic carbocycles. The summed E-state index contributed by atoms with van der Waals surface area (Å²) in [7, 11) is 0. The van der Waals surface area contributed by atoms with E-state index in [9.17, 15) is 13.2 Å². The average Bonchev–Trinajstić information content (AvgIpc) is 2.44. The first-order chi connectivity index (χ1) is 9.99. The van der Waals surface area contributed by atoms with E-state index in [1.807, 2.05) is 24.5 Å². The lowest BCUT2D eigenvalue weighted by atomic mass is 10.2. The van der Waals surface area contributed by atoms with Crippen molar-refractivity contribution in [2.24, 2.45) is 0 Å². The van der Waals surface area contributed by atoms with Crippen LogP contribution in [0.4, 0.5) is 30.2 Å². The van der Waals surface area contributed by atoms with Crippen LogP contribution in [0.25, 0.3) is 0 Å². The topological polar surface area (TPSA) is 47.3 Å². The van der Waals surface area contributed by atoms with Crippen LogP contribution in [0.1, 0.15) is 0 Å². The Hall–Kier alpha value is -2.02. The molecule has 112 valence electrons. The van der Waals surface area contributed by atoms with E-state index >= 15 is 0 Å². The van der Waals surface area contributed by atoms with Crippen molar-refractivity contribution >= 4 is 28.8 Å². The van der Waals surface area contributed by atoms with Crippen LogP contribution in [-0.4, -0.2) is 12.9 Å². The summed E-state index contributed by atoms with van der Waals surface area (Å²) in [6.07, 6.45) is 1.93. The van der Waals surface area contributed by atoms with Gasteiger partial charge in [-0.1, -0.05) is 6.07 Å². The molecule has 21 heavy (non-hydrogen) atoms. The van der Waals surface area contributed by atoms with Gasteiger partial charge in [0, 0.05) is 22.7 Å². The number of thioether (sulfide) groups is 1. The van der Waals surface area contributed by atoms with E-state index in [0.29, 0.717) is 11.4 Å². The van der Waals surface area contributed by atoms with Crippen molar-refractivity contribution in [3.05, 3.63) is 42.2 Å². The number of alkyl halides is 2. The molecule has 0 heterocycles. The quantitative estimate of drug-likeness (QED) is 0.631. The van der Waals surface area contributed by atoms with Crippen LogP contribution in [0.5, 0.6) is 5.75 Å². The zero-order valence-corrected chi connectivity index (χ0v) is 11.9. The van der Waals surface area contributed by atoms with Crippen molar-refractivity contribution in [3.8, 4) is 5.75 Å². The molecule has 2 aromatic rings. The molecule has 3 nitrogen and oxygen atoms in total. The van der Waals surface area contributed by atoms with E-state index in [4.69, 9.17) is 5.73 Å². The Morgan fingerprint density at radius 1 is 1.24 bits per heavy atom. The second-order valence-electron chi connectivity index (χ2n) is 4.11. The predicted molar refractivity (Wildman–Crippen MR) is 79.0 cm³/mol. The fourth-order valence-corrected chi connectivity index (χ4v) is 2.18. The molecule has 2 aromatic carbocycles. The number of benzene rings is 2. The SMILES string of the molecule is CSc1cccc(Nc2cc(OC(F)F)c(F)cc2N)c1. The number of nitrogens with one attached hydrogen (secondary N) is 1. The number of nitrogens with two attached hydrogens (primary N) is 1. The summed E-state index contributed by atoms with van der Waals surface area (Å²) in [5.41, 5.74) is 6.80. The molecule has 0 aliphatic heterocycles. The molecule has 0 atom stereocenters. The molecule has 0 unspecified atom stereocenters. The monoisotopic (exact) mass is 314 g/mol. The highest BCUT2D eigenvalue weighted by atomic mass is 32.2. The Labute approximate surface area is 124 Å². The maximum Gasteiger partial charge on any atom is 0.387 e. The Morgan fingerprint density at radius 2 is 2.00 bits per heavy atom. The van der Waals surface area contributed by atoms with E-state index in [-0.39, 0.29) is 5.69 Å². The van der Waals surface area contributed by atoms with Gasteiger partial charge in [-0.2, -0.15) is 8.78 Å². The highest BCUT2D eigenvalue weighted by molar-refractivity contribution is 7.98. The molecule has 0 saturated carbocycles. The number of nitrogen functional groups attached to an aromatic ring is 1. The summed E-state index contributed by atoms with van der Waals surface area (Å²) in [5.74, 6) is -1.49. The van der Waals surface area contributed by atoms with Gasteiger partial charge < -0.3 is 15.8 Å². The molecule has 0 saturated heterocycles. The molecule has 0 aromatic heterocycles. The van der Waals surface area contributed by atoms with E-state index in [1.165, 1.54) is 0 Å². The summed E-state index contributed by atoms with van der Waals surface area (Å²) in [6.45, 7) is -3.10. The van der Waals surface area contributed by atoms with Crippen LogP contribution in [0.3, 0.4) is 0 Å². The first-order valence-electron chi connectivity index (χ1n) is 5.94. The summed E-state index contributed by atoms with van der Waals surface area (Å²) < 4.78 is 42.0. The minimum absolute atomic E-state index is 0.101. The lowest BCUT2D eigenvalue weighted by molar-refractivity contribution is -0.0521. The Morgan fingerprint density at radius 3 is 2.67 bits per heavy atom. The molecule has 0 spiro atoms. The van der Waals surface area contributed by atoms with Gasteiger partial charge in [0.25, 0.3) is 0 Å². The van der Waals surface area contributed by atoms with Crippen LogP contribution in [-0.2, 0) is 0 Å². The summed E-state index contributed by atoms with van der Waals surface area (Å²) >= 11 is 1.56. The van der Waals surface area contributed by atoms with Gasteiger partial charge in [-0.05, 0) is 24.5 Å². The van der Waals surface area contributed by atoms with Crippen LogP contribution in [0.15, 0.2) is 41.3 Å². The molecule has 0 aliphatic rings. The Balaban J connectivity index is 2.30. The van der Waals surface area contributed by atoms with Crippen molar-refractivity contribution in [1.82, 2.24) is 0 Å². The molecule has 3 N–H and O–H groups in total. The Bertz CT molecular complexity index is 638. The molecule has 7 heteroatoms. The molecule has 0 bridgehead atoms. The van der Waals surface area contributed by atoms with Crippen molar-refractivity contribution in [2.75, 3.05) is 17.3 Å². The summed E-state index contributed by atoms with van der Waals surface area (Å²) in [6, 6.07) is 9.47. The summed E-state index contributed by atoms with van der Waals surface area (Å²) in [5, 5.41) is 2.96. The number of rotatable bonds is 5. The molecular weight excluding hydrogens is 301 g/mol. The highest BCUT2D eigenvalue weighted by Crippen LogP contribution is 2.32. The summed E-state index contributed by atoms with van der Waals surface area (Å²) in [4.78, 5) is 1.02. The van der Waals surface area contributed by atoms with Gasteiger partial charge in [-0.25, -0.2) is 4.39 Å². The first kappa shape index (κ1) is 15.4. The minimum atomic E-state index is -3.10. The van der Waals surface area contributed by atoms with Gasteiger partial charge in [-0.15, -0.1) is 11.8 Å². The van der Waals surface area contributed by atoms with Crippen molar-refractivity contribution in [1.29, 1.82) is 0 Å². The van der Waals surface area contributed by atoms with E-state index in [2.05, 4.69) is 10.1 Å². The van der Waals surface area contributed by atoms with Gasteiger partial charge in [-0.3, -0.25) is 0 Å². The fraction of sp³-hybridized carbons (Fsp3) is 0.143. The second-order valence-corrected chi connectivity index (χ2v) is 4.98. The largest absolute Gasteiger partial charge is 0.432 e. The van der Waals surface area contributed by atoms with Gasteiger partial charge >= 0.3 is 6.61 Å². The standard InChI is InChI=1S/C14H13F3N2OS/c1-21-9-4-2-3-8(5-9)19-12-7-13(20-14(16)17)10(15)6-11(12)18/h2-7,14,19H,18H2,1H3. The van der Waals surface area contributed by atoms with Crippen molar-refractivity contribution in [2.45, 2.75) is 11.5 Å². The van der Waals surface area contributed by atoms with Gasteiger partial charge in [0.05, 0.1) is 11.4 Å². The average molecular weight is 314 g/mol. The second kappa shape index (κ2) is 6.62. The smallest absolute Gasteiger partial charge is 0.387 e.